The van der Waals surface area contributed by atoms with E-state index in [0.717, 1.165) is 6.54 Å². The predicted molar refractivity (Wildman–Crippen MR) is 55.5 cm³/mol. The highest BCUT2D eigenvalue weighted by Gasteiger charge is 1.95. The fourth-order valence-electron chi connectivity index (χ4n) is 1.05. The van der Waals surface area contributed by atoms with Crippen LogP contribution >= 0.6 is 0 Å². The van der Waals surface area contributed by atoms with Crippen molar-refractivity contribution in [3.8, 4) is 0 Å². The Bertz CT molecular complexity index is 248. The summed E-state index contributed by atoms with van der Waals surface area (Å²) in [6, 6.07) is 8.38. The molecule has 0 N–H and O–H groups in total. The maximum atomic E-state index is 3.71. The summed E-state index contributed by atoms with van der Waals surface area (Å²) in [6.07, 6.45) is 1.86. The van der Waals surface area contributed by atoms with Crippen molar-refractivity contribution < 1.29 is 0 Å². The van der Waals surface area contributed by atoms with Gasteiger partial charge in [0.2, 0.25) is 0 Å². The third kappa shape index (κ3) is 1.88. The Balaban J connectivity index is 2.84. The molecule has 0 amide bonds. The first-order chi connectivity index (χ1) is 5.77. The standard InChI is InChI=1S/C11H15N/c1-4-10-6-8-11(9-7-10)12(3)5-2/h4,6-9H,1,5H2,2-3H3. The highest BCUT2D eigenvalue weighted by atomic mass is 15.1. The molecule has 0 radical (unpaired) electrons. The number of rotatable bonds is 3. The normalized spacial score (nSPS) is 9.50. The Labute approximate surface area is 74.3 Å². The van der Waals surface area contributed by atoms with Gasteiger partial charge in [-0.3, -0.25) is 0 Å². The van der Waals surface area contributed by atoms with Crippen LogP contribution in [0.2, 0.25) is 0 Å². The van der Waals surface area contributed by atoms with Gasteiger partial charge in [0.15, 0.2) is 0 Å². The molecular weight excluding hydrogens is 146 g/mol. The van der Waals surface area contributed by atoms with Crippen molar-refractivity contribution >= 4 is 11.8 Å². The van der Waals surface area contributed by atoms with E-state index in [1.807, 2.05) is 6.08 Å². The van der Waals surface area contributed by atoms with Gasteiger partial charge < -0.3 is 4.90 Å². The molecule has 0 atom stereocenters. The molecule has 1 aromatic rings. The molecule has 1 heteroatoms. The van der Waals surface area contributed by atoms with Gasteiger partial charge in [-0.25, -0.2) is 0 Å². The van der Waals surface area contributed by atoms with Gasteiger partial charge in [-0.2, -0.15) is 0 Å². The molecule has 1 aromatic carbocycles. The van der Waals surface area contributed by atoms with E-state index >= 15 is 0 Å². The van der Waals surface area contributed by atoms with Gasteiger partial charge in [0.1, 0.15) is 0 Å². The zero-order valence-electron chi connectivity index (χ0n) is 7.75. The molecule has 0 saturated heterocycles. The molecule has 0 heterocycles. The Morgan fingerprint density at radius 2 is 1.92 bits per heavy atom. The van der Waals surface area contributed by atoms with Crippen LogP contribution in [-0.4, -0.2) is 13.6 Å². The quantitative estimate of drug-likeness (QED) is 0.659. The van der Waals surface area contributed by atoms with Crippen molar-refractivity contribution in [2.45, 2.75) is 6.92 Å². The van der Waals surface area contributed by atoms with Crippen molar-refractivity contribution in [3.05, 3.63) is 36.4 Å². The van der Waals surface area contributed by atoms with Crippen molar-refractivity contribution in [1.82, 2.24) is 0 Å². The minimum atomic E-state index is 1.04. The first-order valence-corrected chi connectivity index (χ1v) is 4.21. The van der Waals surface area contributed by atoms with Crippen LogP contribution in [0, 0.1) is 0 Å². The number of hydrogen-bond acceptors (Lipinski definition) is 1. The lowest BCUT2D eigenvalue weighted by atomic mass is 10.2. The third-order valence-electron chi connectivity index (χ3n) is 2.04. The second-order valence-corrected chi connectivity index (χ2v) is 2.81. The fraction of sp³-hybridized carbons (Fsp3) is 0.273. The first kappa shape index (κ1) is 8.85. The smallest absolute Gasteiger partial charge is 0.0363 e. The molecule has 0 fully saturated rings. The van der Waals surface area contributed by atoms with Crippen LogP contribution in [0.4, 0.5) is 5.69 Å². The number of anilines is 1. The molecule has 0 aliphatic rings. The maximum Gasteiger partial charge on any atom is 0.0363 e. The number of benzene rings is 1. The van der Waals surface area contributed by atoms with Gasteiger partial charge in [0.05, 0.1) is 0 Å². The summed E-state index contributed by atoms with van der Waals surface area (Å²) in [5.41, 5.74) is 2.42. The van der Waals surface area contributed by atoms with Gasteiger partial charge >= 0.3 is 0 Å². The monoisotopic (exact) mass is 161 g/mol. The summed E-state index contributed by atoms with van der Waals surface area (Å²) >= 11 is 0. The second kappa shape index (κ2) is 3.96. The highest BCUT2D eigenvalue weighted by molar-refractivity contribution is 5.54. The molecular formula is C11H15N. The van der Waals surface area contributed by atoms with Gasteiger partial charge in [0.25, 0.3) is 0 Å². The maximum absolute atomic E-state index is 3.71. The third-order valence-corrected chi connectivity index (χ3v) is 2.04. The van der Waals surface area contributed by atoms with Crippen LogP contribution in [0.1, 0.15) is 12.5 Å². The SMILES string of the molecule is C=Cc1ccc(N(C)CC)cc1. The van der Waals surface area contributed by atoms with E-state index in [4.69, 9.17) is 0 Å². The summed E-state index contributed by atoms with van der Waals surface area (Å²) in [7, 11) is 2.09. The van der Waals surface area contributed by atoms with Crippen LogP contribution in [0.25, 0.3) is 6.08 Å². The first-order valence-electron chi connectivity index (χ1n) is 4.21. The van der Waals surface area contributed by atoms with Crippen LogP contribution in [0.3, 0.4) is 0 Å². The zero-order chi connectivity index (χ0) is 8.97. The number of hydrogen-bond donors (Lipinski definition) is 0. The molecule has 0 bridgehead atoms. The predicted octanol–water partition coefficient (Wildman–Crippen LogP) is 2.79. The van der Waals surface area contributed by atoms with E-state index in [2.05, 4.69) is 49.7 Å². The van der Waals surface area contributed by atoms with E-state index in [1.165, 1.54) is 11.3 Å². The summed E-state index contributed by atoms with van der Waals surface area (Å²) in [6.45, 7) is 6.89. The van der Waals surface area contributed by atoms with Crippen molar-refractivity contribution in [2.75, 3.05) is 18.5 Å². The Kier molecular flexibility index (Phi) is 2.92. The van der Waals surface area contributed by atoms with Crippen molar-refractivity contribution in [2.24, 2.45) is 0 Å². The average Bonchev–Trinajstić information content (AvgIpc) is 2.17. The molecule has 0 aliphatic carbocycles. The largest absolute Gasteiger partial charge is 0.375 e. The van der Waals surface area contributed by atoms with E-state index in [-0.39, 0.29) is 0 Å². The van der Waals surface area contributed by atoms with Crippen molar-refractivity contribution in [3.63, 3.8) is 0 Å². The molecule has 0 saturated carbocycles. The van der Waals surface area contributed by atoms with Crippen molar-refractivity contribution in [1.29, 1.82) is 0 Å². The molecule has 12 heavy (non-hydrogen) atoms. The van der Waals surface area contributed by atoms with E-state index in [1.54, 1.807) is 0 Å². The summed E-state index contributed by atoms with van der Waals surface area (Å²) in [5.74, 6) is 0. The minimum Gasteiger partial charge on any atom is -0.375 e. The Morgan fingerprint density at radius 3 is 2.33 bits per heavy atom. The minimum absolute atomic E-state index is 1.04. The zero-order valence-corrected chi connectivity index (χ0v) is 7.75. The van der Waals surface area contributed by atoms with Gasteiger partial charge in [-0.1, -0.05) is 24.8 Å². The molecule has 0 aromatic heterocycles. The average molecular weight is 161 g/mol. The van der Waals surface area contributed by atoms with Crippen LogP contribution in [0.15, 0.2) is 30.8 Å². The van der Waals surface area contributed by atoms with E-state index in [9.17, 15) is 0 Å². The Hall–Kier alpha value is -1.24. The molecule has 0 aliphatic heterocycles. The lowest BCUT2D eigenvalue weighted by molar-refractivity contribution is 0.968. The molecule has 64 valence electrons. The second-order valence-electron chi connectivity index (χ2n) is 2.81. The summed E-state index contributed by atoms with van der Waals surface area (Å²) < 4.78 is 0. The fourth-order valence-corrected chi connectivity index (χ4v) is 1.05. The Morgan fingerprint density at radius 1 is 1.33 bits per heavy atom. The molecule has 0 unspecified atom stereocenters. The topological polar surface area (TPSA) is 3.24 Å². The van der Waals surface area contributed by atoms with Gasteiger partial charge in [0, 0.05) is 19.3 Å². The lowest BCUT2D eigenvalue weighted by Crippen LogP contribution is -2.15. The summed E-state index contributed by atoms with van der Waals surface area (Å²) in [4.78, 5) is 2.20. The summed E-state index contributed by atoms with van der Waals surface area (Å²) in [5, 5.41) is 0. The van der Waals surface area contributed by atoms with E-state index < -0.39 is 0 Å². The molecule has 0 spiro atoms. The van der Waals surface area contributed by atoms with Crippen LogP contribution in [-0.2, 0) is 0 Å². The molecule has 1 nitrogen and oxygen atoms in total. The van der Waals surface area contributed by atoms with Crippen LogP contribution in [0.5, 0.6) is 0 Å². The van der Waals surface area contributed by atoms with Crippen LogP contribution < -0.4 is 4.90 Å². The van der Waals surface area contributed by atoms with E-state index in [0.29, 0.717) is 0 Å². The lowest BCUT2D eigenvalue weighted by Gasteiger charge is -2.16. The molecule has 1 rings (SSSR count). The van der Waals surface area contributed by atoms with Gasteiger partial charge in [-0.05, 0) is 24.6 Å². The number of nitrogens with zero attached hydrogens (tertiary/aromatic N) is 1. The highest BCUT2D eigenvalue weighted by Crippen LogP contribution is 2.13. The van der Waals surface area contributed by atoms with Gasteiger partial charge in [-0.15, -0.1) is 0 Å².